The van der Waals surface area contributed by atoms with E-state index in [9.17, 15) is 8.78 Å². The number of anilines is 1. The van der Waals surface area contributed by atoms with Crippen LogP contribution in [0.25, 0.3) is 0 Å². The lowest BCUT2D eigenvalue weighted by atomic mass is 10.3. The van der Waals surface area contributed by atoms with Gasteiger partial charge in [0.15, 0.2) is 0 Å². The van der Waals surface area contributed by atoms with Gasteiger partial charge in [0.2, 0.25) is 0 Å². The van der Waals surface area contributed by atoms with Crippen molar-refractivity contribution in [3.8, 4) is 5.75 Å². The molecule has 1 aliphatic rings. The predicted octanol–water partition coefficient (Wildman–Crippen LogP) is 2.53. The maximum Gasteiger partial charge on any atom is 0.387 e. The Bertz CT molecular complexity index is 456. The van der Waals surface area contributed by atoms with E-state index in [2.05, 4.69) is 14.5 Å². The molecule has 0 aromatic heterocycles. The zero-order valence-corrected chi connectivity index (χ0v) is 12.4. The number of thioether (sulfide) groups is 1. The minimum Gasteiger partial charge on any atom is -0.435 e. The first-order valence-corrected chi connectivity index (χ1v) is 7.86. The van der Waals surface area contributed by atoms with Crippen LogP contribution in [0, 0.1) is 0 Å². The van der Waals surface area contributed by atoms with Gasteiger partial charge in [0.25, 0.3) is 0 Å². The van der Waals surface area contributed by atoms with E-state index < -0.39 is 6.61 Å². The third-order valence-corrected chi connectivity index (χ3v) is 3.97. The summed E-state index contributed by atoms with van der Waals surface area (Å²) in [6, 6.07) is 6.65. The number of hydrogen-bond acceptors (Lipinski definition) is 5. The maximum atomic E-state index is 12.1. The third kappa shape index (κ3) is 5.09. The molecule has 0 amide bonds. The van der Waals surface area contributed by atoms with E-state index in [1.807, 2.05) is 24.2 Å². The van der Waals surface area contributed by atoms with Crippen molar-refractivity contribution in [3.05, 3.63) is 36.7 Å². The second kappa shape index (κ2) is 8.09. The van der Waals surface area contributed by atoms with Gasteiger partial charge in [-0.3, -0.25) is 0 Å². The fourth-order valence-corrected chi connectivity index (χ4v) is 2.70. The highest BCUT2D eigenvalue weighted by Crippen LogP contribution is 2.23. The van der Waals surface area contributed by atoms with Crippen LogP contribution in [0.3, 0.4) is 0 Å². The van der Waals surface area contributed by atoms with Gasteiger partial charge in [-0.05, 0) is 24.3 Å². The van der Waals surface area contributed by atoms with Gasteiger partial charge in [0, 0.05) is 42.7 Å². The lowest BCUT2D eigenvalue weighted by Crippen LogP contribution is -2.26. The summed E-state index contributed by atoms with van der Waals surface area (Å²) in [5, 5.41) is 0. The quantitative estimate of drug-likeness (QED) is 0.747. The molecule has 4 nitrogen and oxygen atoms in total. The van der Waals surface area contributed by atoms with Crippen molar-refractivity contribution >= 4 is 17.4 Å². The molecule has 0 spiro atoms. The van der Waals surface area contributed by atoms with Crippen LogP contribution < -0.4 is 15.4 Å². The second-order valence-corrected chi connectivity index (χ2v) is 5.72. The molecule has 21 heavy (non-hydrogen) atoms. The second-order valence-electron chi connectivity index (χ2n) is 4.50. The van der Waals surface area contributed by atoms with Crippen molar-refractivity contribution in [2.45, 2.75) is 6.61 Å². The van der Waals surface area contributed by atoms with Crippen molar-refractivity contribution in [1.82, 2.24) is 4.90 Å². The highest BCUT2D eigenvalue weighted by atomic mass is 32.2. The Kier molecular flexibility index (Phi) is 6.13. The Morgan fingerprint density at radius 3 is 2.62 bits per heavy atom. The van der Waals surface area contributed by atoms with Crippen molar-refractivity contribution in [3.63, 3.8) is 0 Å². The number of alkyl halides is 2. The molecule has 0 unspecified atom stereocenters. The number of benzene rings is 1. The van der Waals surface area contributed by atoms with E-state index in [4.69, 9.17) is 5.73 Å². The van der Waals surface area contributed by atoms with Gasteiger partial charge in [-0.25, -0.2) is 0 Å². The van der Waals surface area contributed by atoms with Crippen LogP contribution >= 0.6 is 11.8 Å². The fraction of sp³-hybridized carbons (Fsp3) is 0.429. The van der Waals surface area contributed by atoms with Crippen LogP contribution in [0.5, 0.6) is 5.75 Å². The van der Waals surface area contributed by atoms with E-state index in [1.54, 1.807) is 24.3 Å². The Morgan fingerprint density at radius 2 is 1.95 bits per heavy atom. The fourth-order valence-electron chi connectivity index (χ4n) is 1.96. The summed E-state index contributed by atoms with van der Waals surface area (Å²) < 4.78 is 28.5. The van der Waals surface area contributed by atoms with Crippen molar-refractivity contribution in [2.24, 2.45) is 5.73 Å². The summed E-state index contributed by atoms with van der Waals surface area (Å²) in [5.41, 5.74) is 6.40. The molecule has 7 heteroatoms. The topological polar surface area (TPSA) is 41.7 Å². The largest absolute Gasteiger partial charge is 0.435 e. The summed E-state index contributed by atoms with van der Waals surface area (Å²) in [7, 11) is 0. The molecular formula is C14H19F2N3OS. The number of hydrogen-bond donors (Lipinski definition) is 1. The summed E-state index contributed by atoms with van der Waals surface area (Å²) in [5.74, 6) is 2.19. The van der Waals surface area contributed by atoms with Gasteiger partial charge >= 0.3 is 6.61 Å². The predicted molar refractivity (Wildman–Crippen MR) is 82.6 cm³/mol. The first-order valence-electron chi connectivity index (χ1n) is 6.71. The highest BCUT2D eigenvalue weighted by Gasteiger charge is 2.13. The van der Waals surface area contributed by atoms with E-state index in [0.29, 0.717) is 6.54 Å². The molecule has 0 saturated carbocycles. The zero-order valence-electron chi connectivity index (χ0n) is 11.6. The van der Waals surface area contributed by atoms with Gasteiger partial charge in [0.1, 0.15) is 5.75 Å². The molecule has 0 bridgehead atoms. The molecule has 1 aromatic rings. The third-order valence-electron chi connectivity index (χ3n) is 2.97. The molecule has 1 aromatic carbocycles. The first kappa shape index (κ1) is 15.9. The molecule has 116 valence electrons. The van der Waals surface area contributed by atoms with Crippen LogP contribution in [-0.4, -0.2) is 42.8 Å². The Balaban J connectivity index is 1.80. The standard InChI is InChI=1S/C14H19F2N3OS/c15-14(16)20-13-3-1-12(2-4-13)19-7-6-18(11-19)8-10-21-9-5-17/h1-4,6-7,14H,5,8-11,17H2. The number of ether oxygens (including phenoxy) is 1. The monoisotopic (exact) mass is 315 g/mol. The molecule has 0 atom stereocenters. The molecule has 1 heterocycles. The summed E-state index contributed by atoms with van der Waals surface area (Å²) in [4.78, 5) is 4.26. The molecule has 0 saturated heterocycles. The minimum atomic E-state index is -2.79. The SMILES string of the molecule is NCCSCCN1C=CN(c2ccc(OC(F)F)cc2)C1. The first-order chi connectivity index (χ1) is 10.2. The number of halogens is 2. The minimum absolute atomic E-state index is 0.173. The number of nitrogens with two attached hydrogens (primary N) is 1. The summed E-state index contributed by atoms with van der Waals surface area (Å²) in [6.45, 7) is -0.355. The number of rotatable bonds is 8. The van der Waals surface area contributed by atoms with Crippen LogP contribution in [0.1, 0.15) is 0 Å². The van der Waals surface area contributed by atoms with Crippen LogP contribution in [0.15, 0.2) is 36.7 Å². The molecule has 2 rings (SSSR count). The molecule has 2 N–H and O–H groups in total. The molecule has 0 fully saturated rings. The Hall–Kier alpha value is -1.47. The van der Waals surface area contributed by atoms with Gasteiger partial charge in [-0.2, -0.15) is 20.5 Å². The lowest BCUT2D eigenvalue weighted by Gasteiger charge is -2.21. The average molecular weight is 315 g/mol. The average Bonchev–Trinajstić information content (AvgIpc) is 2.93. The Morgan fingerprint density at radius 1 is 1.19 bits per heavy atom. The molecular weight excluding hydrogens is 296 g/mol. The zero-order chi connectivity index (χ0) is 15.1. The normalized spacial score (nSPS) is 14.3. The van der Waals surface area contributed by atoms with E-state index in [0.717, 1.165) is 30.4 Å². The van der Waals surface area contributed by atoms with Crippen molar-refractivity contribution < 1.29 is 13.5 Å². The van der Waals surface area contributed by atoms with Crippen molar-refractivity contribution in [1.29, 1.82) is 0 Å². The van der Waals surface area contributed by atoms with E-state index in [-0.39, 0.29) is 5.75 Å². The van der Waals surface area contributed by atoms with E-state index in [1.165, 1.54) is 0 Å². The van der Waals surface area contributed by atoms with Gasteiger partial charge in [0.05, 0.1) is 6.67 Å². The van der Waals surface area contributed by atoms with Crippen LogP contribution in [-0.2, 0) is 0 Å². The van der Waals surface area contributed by atoms with E-state index >= 15 is 0 Å². The molecule has 1 aliphatic heterocycles. The summed E-state index contributed by atoms with van der Waals surface area (Å²) in [6.07, 6.45) is 4.02. The smallest absolute Gasteiger partial charge is 0.387 e. The summed E-state index contributed by atoms with van der Waals surface area (Å²) >= 11 is 1.84. The van der Waals surface area contributed by atoms with Gasteiger partial charge in [-0.1, -0.05) is 0 Å². The maximum absolute atomic E-state index is 12.1. The highest BCUT2D eigenvalue weighted by molar-refractivity contribution is 7.99. The Labute approximate surface area is 127 Å². The van der Waals surface area contributed by atoms with Gasteiger partial charge < -0.3 is 20.3 Å². The molecule has 0 radical (unpaired) electrons. The van der Waals surface area contributed by atoms with Crippen LogP contribution in [0.4, 0.5) is 14.5 Å². The molecule has 0 aliphatic carbocycles. The van der Waals surface area contributed by atoms with Gasteiger partial charge in [-0.15, -0.1) is 0 Å². The lowest BCUT2D eigenvalue weighted by molar-refractivity contribution is -0.0498. The van der Waals surface area contributed by atoms with Crippen molar-refractivity contribution in [2.75, 3.05) is 36.2 Å². The van der Waals surface area contributed by atoms with Crippen LogP contribution in [0.2, 0.25) is 0 Å². The number of nitrogens with zero attached hydrogens (tertiary/aromatic N) is 2.